The van der Waals surface area contributed by atoms with E-state index in [-0.39, 0.29) is 29.4 Å². The lowest BCUT2D eigenvalue weighted by Crippen LogP contribution is -2.31. The Labute approximate surface area is 180 Å². The SMILES string of the molecule is CNC(=O)c1cc(COc2cnc(N=C3C=CCC(C)N(C)C3)nc2)c(F)c(OC)c1. The summed E-state index contributed by atoms with van der Waals surface area (Å²) >= 11 is 0. The number of rotatable bonds is 6. The fourth-order valence-electron chi connectivity index (χ4n) is 3.03. The average molecular weight is 427 g/mol. The van der Waals surface area contributed by atoms with E-state index in [4.69, 9.17) is 9.47 Å². The Hall–Kier alpha value is -3.33. The zero-order valence-corrected chi connectivity index (χ0v) is 18.1. The minimum atomic E-state index is -0.586. The van der Waals surface area contributed by atoms with Crippen LogP contribution < -0.4 is 14.8 Å². The monoisotopic (exact) mass is 427 g/mol. The molecular formula is C22H26FN5O3. The number of amides is 1. The van der Waals surface area contributed by atoms with Gasteiger partial charge in [-0.05, 0) is 38.6 Å². The third kappa shape index (κ3) is 5.64. The van der Waals surface area contributed by atoms with Crippen LogP contribution in [0.2, 0.25) is 0 Å². The van der Waals surface area contributed by atoms with Crippen LogP contribution in [-0.2, 0) is 6.61 Å². The lowest BCUT2D eigenvalue weighted by molar-refractivity contribution is 0.0962. The van der Waals surface area contributed by atoms with Gasteiger partial charge in [0.25, 0.3) is 5.91 Å². The van der Waals surface area contributed by atoms with Crippen LogP contribution in [0.3, 0.4) is 0 Å². The zero-order chi connectivity index (χ0) is 22.4. The molecule has 2 aromatic rings. The number of benzene rings is 1. The van der Waals surface area contributed by atoms with E-state index in [1.807, 2.05) is 6.08 Å². The highest BCUT2D eigenvalue weighted by molar-refractivity contribution is 5.98. The smallest absolute Gasteiger partial charge is 0.251 e. The largest absolute Gasteiger partial charge is 0.494 e. The molecule has 0 radical (unpaired) electrons. The molecule has 0 fully saturated rings. The fraction of sp³-hybridized carbons (Fsp3) is 0.364. The molecule has 1 aliphatic rings. The summed E-state index contributed by atoms with van der Waals surface area (Å²) in [6.07, 6.45) is 8.02. The number of hydrogen-bond acceptors (Lipinski definition) is 7. The molecule has 0 bridgehead atoms. The van der Waals surface area contributed by atoms with Gasteiger partial charge in [0.15, 0.2) is 17.3 Å². The van der Waals surface area contributed by atoms with Gasteiger partial charge in [0.1, 0.15) is 6.61 Å². The number of aromatic nitrogens is 2. The number of ether oxygens (including phenoxy) is 2. The van der Waals surface area contributed by atoms with Crippen LogP contribution in [-0.4, -0.2) is 60.3 Å². The third-order valence-corrected chi connectivity index (χ3v) is 5.03. The first-order valence-electron chi connectivity index (χ1n) is 9.89. The van der Waals surface area contributed by atoms with Gasteiger partial charge in [0, 0.05) is 30.8 Å². The van der Waals surface area contributed by atoms with Crippen molar-refractivity contribution in [3.8, 4) is 11.5 Å². The Morgan fingerprint density at radius 2 is 2.10 bits per heavy atom. The minimum absolute atomic E-state index is 0.0298. The molecule has 1 atom stereocenters. The van der Waals surface area contributed by atoms with Gasteiger partial charge >= 0.3 is 0 Å². The molecule has 1 N–H and O–H groups in total. The molecule has 1 aromatic carbocycles. The second kappa shape index (κ2) is 10.1. The quantitative estimate of drug-likeness (QED) is 0.763. The van der Waals surface area contributed by atoms with E-state index in [1.165, 1.54) is 38.7 Å². The molecule has 31 heavy (non-hydrogen) atoms. The molecule has 9 heteroatoms. The van der Waals surface area contributed by atoms with Crippen LogP contribution in [0.15, 0.2) is 41.7 Å². The molecule has 1 unspecified atom stereocenters. The lowest BCUT2D eigenvalue weighted by atomic mass is 10.1. The number of nitrogens with zero attached hydrogens (tertiary/aromatic N) is 4. The summed E-state index contributed by atoms with van der Waals surface area (Å²) in [6.45, 7) is 2.76. The van der Waals surface area contributed by atoms with Gasteiger partial charge in [-0.3, -0.25) is 9.69 Å². The molecular weight excluding hydrogens is 401 g/mol. The van der Waals surface area contributed by atoms with E-state index < -0.39 is 5.82 Å². The van der Waals surface area contributed by atoms with E-state index in [1.54, 1.807) is 0 Å². The van der Waals surface area contributed by atoms with Gasteiger partial charge in [0.05, 0.1) is 25.2 Å². The van der Waals surface area contributed by atoms with Crippen LogP contribution in [0.1, 0.15) is 29.3 Å². The first kappa shape index (κ1) is 22.4. The maximum atomic E-state index is 14.5. The van der Waals surface area contributed by atoms with Crippen molar-refractivity contribution >= 4 is 17.6 Å². The molecule has 1 aliphatic heterocycles. The van der Waals surface area contributed by atoms with Crippen molar-refractivity contribution in [1.29, 1.82) is 0 Å². The molecule has 0 spiro atoms. The maximum Gasteiger partial charge on any atom is 0.251 e. The van der Waals surface area contributed by atoms with Gasteiger partial charge in [0.2, 0.25) is 5.95 Å². The first-order chi connectivity index (χ1) is 14.9. The van der Waals surface area contributed by atoms with Crippen molar-refractivity contribution in [3.63, 3.8) is 0 Å². The number of halogens is 1. The molecule has 1 amide bonds. The second-order valence-electron chi connectivity index (χ2n) is 7.24. The Kier molecular flexibility index (Phi) is 7.30. The number of carbonyl (C=O) groups excluding carboxylic acids is 1. The molecule has 1 aromatic heterocycles. The van der Waals surface area contributed by atoms with E-state index in [9.17, 15) is 9.18 Å². The van der Waals surface area contributed by atoms with E-state index in [0.29, 0.717) is 24.3 Å². The van der Waals surface area contributed by atoms with Crippen LogP contribution in [0.25, 0.3) is 0 Å². The van der Waals surface area contributed by atoms with E-state index in [2.05, 4.69) is 45.2 Å². The number of hydrogen-bond donors (Lipinski definition) is 1. The molecule has 0 aliphatic carbocycles. The van der Waals surface area contributed by atoms with Gasteiger partial charge in [-0.15, -0.1) is 0 Å². The van der Waals surface area contributed by atoms with Crippen LogP contribution >= 0.6 is 0 Å². The Morgan fingerprint density at radius 3 is 2.77 bits per heavy atom. The summed E-state index contributed by atoms with van der Waals surface area (Å²) in [6, 6.07) is 3.21. The summed E-state index contributed by atoms with van der Waals surface area (Å²) in [5.41, 5.74) is 1.33. The fourth-order valence-corrected chi connectivity index (χ4v) is 3.03. The van der Waals surface area contributed by atoms with Gasteiger partial charge in [-0.2, -0.15) is 0 Å². The number of methoxy groups -OCH3 is 1. The molecule has 3 rings (SSSR count). The summed E-state index contributed by atoms with van der Waals surface area (Å²) in [4.78, 5) is 27.0. The van der Waals surface area contributed by atoms with Crippen LogP contribution in [0.4, 0.5) is 10.3 Å². The summed E-state index contributed by atoms with van der Waals surface area (Å²) in [5.74, 6) is -0.284. The molecule has 0 saturated carbocycles. The Morgan fingerprint density at radius 1 is 1.35 bits per heavy atom. The highest BCUT2D eigenvalue weighted by Crippen LogP contribution is 2.24. The summed E-state index contributed by atoms with van der Waals surface area (Å²) < 4.78 is 25.2. The standard InChI is InChI=1S/C22H26FN5O3/c1-14-6-5-7-17(12-28(14)3)27-22-25-10-18(11-26-22)31-13-16-8-15(21(29)24-2)9-19(30-4)20(16)23/h5,7-11,14H,6,12-13H2,1-4H3,(H,24,29). The Balaban J connectivity index is 1.71. The first-order valence-corrected chi connectivity index (χ1v) is 9.89. The normalized spacial score (nSPS) is 18.0. The highest BCUT2D eigenvalue weighted by atomic mass is 19.1. The minimum Gasteiger partial charge on any atom is -0.494 e. The van der Waals surface area contributed by atoms with E-state index in [0.717, 1.165) is 12.1 Å². The summed E-state index contributed by atoms with van der Waals surface area (Å²) in [5, 5.41) is 2.50. The molecule has 164 valence electrons. The molecule has 2 heterocycles. The third-order valence-electron chi connectivity index (χ3n) is 5.03. The van der Waals surface area contributed by atoms with Crippen molar-refractivity contribution < 1.29 is 18.7 Å². The van der Waals surface area contributed by atoms with Crippen molar-refractivity contribution in [2.75, 3.05) is 27.7 Å². The van der Waals surface area contributed by atoms with Gasteiger partial charge in [-0.1, -0.05) is 6.08 Å². The number of aliphatic imine (C=N–C) groups is 1. The number of nitrogens with one attached hydrogen (secondary N) is 1. The molecule has 8 nitrogen and oxygen atoms in total. The average Bonchev–Trinajstić information content (AvgIpc) is 2.93. The maximum absolute atomic E-state index is 14.5. The van der Waals surface area contributed by atoms with Crippen molar-refractivity contribution in [1.82, 2.24) is 20.2 Å². The van der Waals surface area contributed by atoms with Crippen molar-refractivity contribution in [3.05, 3.63) is 53.6 Å². The van der Waals surface area contributed by atoms with Crippen molar-refractivity contribution in [2.45, 2.75) is 26.0 Å². The Bertz CT molecular complexity index is 991. The van der Waals surface area contributed by atoms with E-state index >= 15 is 0 Å². The van der Waals surface area contributed by atoms with Gasteiger partial charge in [-0.25, -0.2) is 19.4 Å². The van der Waals surface area contributed by atoms with Crippen molar-refractivity contribution in [2.24, 2.45) is 4.99 Å². The van der Waals surface area contributed by atoms with Crippen LogP contribution in [0, 0.1) is 5.82 Å². The number of carbonyl (C=O) groups is 1. The van der Waals surface area contributed by atoms with Gasteiger partial charge < -0.3 is 14.8 Å². The predicted molar refractivity (Wildman–Crippen MR) is 116 cm³/mol. The topological polar surface area (TPSA) is 88.9 Å². The summed E-state index contributed by atoms with van der Waals surface area (Å²) in [7, 11) is 4.89. The highest BCUT2D eigenvalue weighted by Gasteiger charge is 2.16. The second-order valence-corrected chi connectivity index (χ2v) is 7.24. The molecule has 0 saturated heterocycles. The lowest BCUT2D eigenvalue weighted by Gasteiger charge is -2.21. The zero-order valence-electron chi connectivity index (χ0n) is 18.1. The predicted octanol–water partition coefficient (Wildman–Crippen LogP) is 2.92. The van der Waals surface area contributed by atoms with Crippen LogP contribution in [0.5, 0.6) is 11.5 Å².